The first-order valence-corrected chi connectivity index (χ1v) is 7.28. The van der Waals surface area contributed by atoms with Gasteiger partial charge in [-0.1, -0.05) is 24.4 Å². The van der Waals surface area contributed by atoms with E-state index in [1.807, 2.05) is 20.3 Å². The van der Waals surface area contributed by atoms with Crippen LogP contribution >= 0.6 is 0 Å². The molecule has 2 unspecified atom stereocenters. The number of rotatable bonds is 3. The van der Waals surface area contributed by atoms with Crippen molar-refractivity contribution in [3.63, 3.8) is 0 Å². The number of nitrogens with zero attached hydrogens (tertiary/aromatic N) is 4. The highest BCUT2D eigenvalue weighted by atomic mass is 16.5. The molecule has 20 heavy (non-hydrogen) atoms. The number of hydrogen-bond donors (Lipinski definition) is 1. The average molecular weight is 275 g/mol. The lowest BCUT2D eigenvalue weighted by Crippen LogP contribution is -2.31. The fraction of sp³-hybridized carbons (Fsp3) is 0.643. The van der Waals surface area contributed by atoms with Gasteiger partial charge in [-0.25, -0.2) is 0 Å². The highest BCUT2D eigenvalue weighted by Gasteiger charge is 2.28. The second-order valence-corrected chi connectivity index (χ2v) is 5.50. The van der Waals surface area contributed by atoms with Crippen molar-refractivity contribution >= 4 is 0 Å². The number of aromatic nitrogens is 4. The van der Waals surface area contributed by atoms with Gasteiger partial charge in [-0.05, 0) is 19.9 Å². The van der Waals surface area contributed by atoms with Crippen molar-refractivity contribution in [1.29, 1.82) is 0 Å². The Bertz CT molecular complexity index is 561. The van der Waals surface area contributed by atoms with E-state index in [9.17, 15) is 0 Å². The van der Waals surface area contributed by atoms with Crippen molar-refractivity contribution in [3.8, 4) is 11.4 Å². The fourth-order valence-corrected chi connectivity index (χ4v) is 2.99. The molecule has 6 heteroatoms. The van der Waals surface area contributed by atoms with Crippen LogP contribution in [0.2, 0.25) is 0 Å². The van der Waals surface area contributed by atoms with Gasteiger partial charge in [0.1, 0.15) is 0 Å². The van der Waals surface area contributed by atoms with Gasteiger partial charge in [-0.3, -0.25) is 4.68 Å². The van der Waals surface area contributed by atoms with Crippen LogP contribution < -0.4 is 5.32 Å². The molecule has 0 saturated heterocycles. The third kappa shape index (κ3) is 2.60. The molecule has 2 heterocycles. The predicted molar refractivity (Wildman–Crippen MR) is 75.2 cm³/mol. The Morgan fingerprint density at radius 1 is 1.30 bits per heavy atom. The van der Waals surface area contributed by atoms with E-state index in [2.05, 4.69) is 20.6 Å². The highest BCUT2D eigenvalue weighted by Crippen LogP contribution is 2.31. The van der Waals surface area contributed by atoms with Crippen LogP contribution in [0.3, 0.4) is 0 Å². The largest absolute Gasteiger partial charge is 0.339 e. The Kier molecular flexibility index (Phi) is 3.82. The summed E-state index contributed by atoms with van der Waals surface area (Å²) in [5.74, 6) is 1.71. The Morgan fingerprint density at radius 2 is 2.15 bits per heavy atom. The summed E-state index contributed by atoms with van der Waals surface area (Å²) in [5.41, 5.74) is 0.900. The van der Waals surface area contributed by atoms with Gasteiger partial charge in [0.15, 0.2) is 0 Å². The third-order valence-electron chi connectivity index (χ3n) is 4.11. The van der Waals surface area contributed by atoms with Crippen LogP contribution in [-0.2, 0) is 7.05 Å². The first-order valence-electron chi connectivity index (χ1n) is 7.28. The van der Waals surface area contributed by atoms with E-state index in [0.29, 0.717) is 17.8 Å². The zero-order valence-corrected chi connectivity index (χ0v) is 12.0. The van der Waals surface area contributed by atoms with Crippen molar-refractivity contribution in [1.82, 2.24) is 25.2 Å². The molecule has 1 aliphatic carbocycles. The standard InChI is InChI=1S/C14H21N5O/c1-15-12-7-5-3-4-6-11(12)14-17-13(18-20-14)10-8-16-19(2)9-10/h8-9,11-12,15H,3-7H2,1-2H3. The summed E-state index contributed by atoms with van der Waals surface area (Å²) in [6.45, 7) is 0. The van der Waals surface area contributed by atoms with Crippen LogP contribution in [0.1, 0.15) is 43.9 Å². The highest BCUT2D eigenvalue weighted by molar-refractivity contribution is 5.51. The van der Waals surface area contributed by atoms with E-state index >= 15 is 0 Å². The van der Waals surface area contributed by atoms with Crippen LogP contribution in [0.25, 0.3) is 11.4 Å². The zero-order valence-electron chi connectivity index (χ0n) is 12.0. The summed E-state index contributed by atoms with van der Waals surface area (Å²) in [7, 11) is 3.90. The Labute approximate surface area is 118 Å². The molecule has 6 nitrogen and oxygen atoms in total. The lowest BCUT2D eigenvalue weighted by Gasteiger charge is -2.20. The summed E-state index contributed by atoms with van der Waals surface area (Å²) in [6, 6.07) is 0.430. The monoisotopic (exact) mass is 275 g/mol. The van der Waals surface area contributed by atoms with E-state index in [0.717, 1.165) is 17.9 Å². The van der Waals surface area contributed by atoms with Crippen LogP contribution in [0.15, 0.2) is 16.9 Å². The number of likely N-dealkylation sites (N-methyl/N-ethyl adjacent to an activating group) is 1. The molecule has 0 radical (unpaired) electrons. The lowest BCUT2D eigenvalue weighted by molar-refractivity contribution is 0.311. The molecule has 0 amide bonds. The maximum Gasteiger partial charge on any atom is 0.231 e. The van der Waals surface area contributed by atoms with Crippen LogP contribution in [-0.4, -0.2) is 33.0 Å². The van der Waals surface area contributed by atoms with Gasteiger partial charge < -0.3 is 9.84 Å². The van der Waals surface area contributed by atoms with Gasteiger partial charge >= 0.3 is 0 Å². The third-order valence-corrected chi connectivity index (χ3v) is 4.11. The molecule has 1 N–H and O–H groups in total. The van der Waals surface area contributed by atoms with E-state index in [1.54, 1.807) is 10.9 Å². The summed E-state index contributed by atoms with van der Waals surface area (Å²) < 4.78 is 7.26. The number of hydrogen-bond acceptors (Lipinski definition) is 5. The zero-order chi connectivity index (χ0) is 13.9. The summed E-state index contributed by atoms with van der Waals surface area (Å²) in [6.07, 6.45) is 9.73. The topological polar surface area (TPSA) is 68.8 Å². The second-order valence-electron chi connectivity index (χ2n) is 5.50. The predicted octanol–water partition coefficient (Wildman–Crippen LogP) is 2.11. The van der Waals surface area contributed by atoms with E-state index in [1.165, 1.54) is 25.7 Å². The van der Waals surface area contributed by atoms with E-state index in [-0.39, 0.29) is 0 Å². The number of nitrogens with one attached hydrogen (secondary N) is 1. The minimum absolute atomic E-state index is 0.320. The molecule has 0 aliphatic heterocycles. The molecule has 2 atom stereocenters. The van der Waals surface area contributed by atoms with Crippen molar-refractivity contribution < 1.29 is 4.52 Å². The van der Waals surface area contributed by atoms with E-state index < -0.39 is 0 Å². The average Bonchev–Trinajstić information content (AvgIpc) is 3.02. The molecular weight excluding hydrogens is 254 g/mol. The quantitative estimate of drug-likeness (QED) is 0.869. The van der Waals surface area contributed by atoms with Crippen molar-refractivity contribution in [2.24, 2.45) is 7.05 Å². The molecule has 0 spiro atoms. The lowest BCUT2D eigenvalue weighted by atomic mass is 9.95. The van der Waals surface area contributed by atoms with Gasteiger partial charge in [-0.2, -0.15) is 10.1 Å². The van der Waals surface area contributed by atoms with Crippen molar-refractivity contribution in [2.75, 3.05) is 7.05 Å². The summed E-state index contributed by atoms with van der Waals surface area (Å²) >= 11 is 0. The molecular formula is C14H21N5O. The van der Waals surface area contributed by atoms with Gasteiger partial charge in [-0.15, -0.1) is 0 Å². The van der Waals surface area contributed by atoms with Gasteiger partial charge in [0.05, 0.1) is 17.7 Å². The normalized spacial score (nSPS) is 23.7. The van der Waals surface area contributed by atoms with Gasteiger partial charge in [0, 0.05) is 19.3 Å². The van der Waals surface area contributed by atoms with Crippen molar-refractivity contribution in [3.05, 3.63) is 18.3 Å². The molecule has 2 aromatic heterocycles. The van der Waals surface area contributed by atoms with Gasteiger partial charge in [0.2, 0.25) is 11.7 Å². The maximum atomic E-state index is 5.52. The Balaban J connectivity index is 1.84. The molecule has 3 rings (SSSR count). The first kappa shape index (κ1) is 13.3. The SMILES string of the molecule is CNC1CCCCCC1c1nc(-c2cnn(C)c2)no1. The van der Waals surface area contributed by atoms with Crippen molar-refractivity contribution in [2.45, 2.75) is 44.1 Å². The number of aryl methyl sites for hydroxylation is 1. The first-order chi connectivity index (χ1) is 9.78. The minimum Gasteiger partial charge on any atom is -0.339 e. The molecule has 0 bridgehead atoms. The molecule has 0 aromatic carbocycles. The fourth-order valence-electron chi connectivity index (χ4n) is 2.99. The van der Waals surface area contributed by atoms with Crippen LogP contribution in [0.4, 0.5) is 0 Å². The summed E-state index contributed by atoms with van der Waals surface area (Å²) in [5, 5.41) is 11.7. The van der Waals surface area contributed by atoms with Crippen LogP contribution in [0.5, 0.6) is 0 Å². The summed E-state index contributed by atoms with van der Waals surface area (Å²) in [4.78, 5) is 4.59. The molecule has 2 aromatic rings. The molecule has 1 saturated carbocycles. The van der Waals surface area contributed by atoms with Crippen LogP contribution in [0, 0.1) is 0 Å². The minimum atomic E-state index is 0.320. The second kappa shape index (κ2) is 5.75. The van der Waals surface area contributed by atoms with Gasteiger partial charge in [0.25, 0.3) is 0 Å². The molecule has 108 valence electrons. The van der Waals surface area contributed by atoms with E-state index in [4.69, 9.17) is 4.52 Å². The molecule has 1 aliphatic rings. The Morgan fingerprint density at radius 3 is 2.90 bits per heavy atom. The molecule has 1 fully saturated rings. The maximum absolute atomic E-state index is 5.52. The smallest absolute Gasteiger partial charge is 0.231 e. The Hall–Kier alpha value is -1.69.